The number of rotatable bonds is 6. The van der Waals surface area contributed by atoms with Crippen LogP contribution in [0.3, 0.4) is 0 Å². The number of carboxylic acid groups (broad SMARTS) is 4. The van der Waals surface area contributed by atoms with Gasteiger partial charge in [-0.25, -0.2) is 14.4 Å². The third kappa shape index (κ3) is 12.1. The van der Waals surface area contributed by atoms with Crippen molar-refractivity contribution in [3.05, 3.63) is 0 Å². The van der Waals surface area contributed by atoms with Crippen LogP contribution in [-0.2, 0) is 19.2 Å². The molecule has 0 rings (SSSR count). The molecule has 0 spiro atoms. The van der Waals surface area contributed by atoms with Crippen LogP contribution >= 0.6 is 0 Å². The first-order valence-corrected chi connectivity index (χ1v) is 4.45. The van der Waals surface area contributed by atoms with E-state index in [0.29, 0.717) is 0 Å². The average molecular weight is 326 g/mol. The molecule has 0 aromatic heterocycles. The van der Waals surface area contributed by atoms with E-state index in [4.69, 9.17) is 35.7 Å². The molecule has 0 aliphatic rings. The molecule has 0 saturated carbocycles. The third-order valence-corrected chi connectivity index (χ3v) is 1.46. The Morgan fingerprint density at radius 1 is 0.700 bits per heavy atom. The standard InChI is InChI=1S/C4H6O6.C4H6O5.Ca.2H/c5-1(3(7)8)2(6)4(9)10;5-2(4(8)9)1-3(6)7;;;/h1-2,5-6H,(H,7,8)(H,9,10);2,5H,1H2,(H,6,7)(H,8,9);;;. The molecular weight excluding hydrogens is 312 g/mol. The van der Waals surface area contributed by atoms with Crippen molar-refractivity contribution in [2.75, 3.05) is 0 Å². The molecule has 0 bridgehead atoms. The Labute approximate surface area is 141 Å². The summed E-state index contributed by atoms with van der Waals surface area (Å²) < 4.78 is 0. The average Bonchev–Trinajstić information content (AvgIpc) is 2.26. The van der Waals surface area contributed by atoms with Crippen molar-refractivity contribution in [3.8, 4) is 0 Å². The van der Waals surface area contributed by atoms with Crippen LogP contribution in [0.4, 0.5) is 0 Å². The SMILES string of the molecule is O=C(O)C(O)C(O)C(=O)O.O=C(O)CC(O)C(=O)O.[CaH2]. The second-order valence-corrected chi connectivity index (χ2v) is 3.02. The summed E-state index contributed by atoms with van der Waals surface area (Å²) in [6.07, 6.45) is -7.08. The fourth-order valence-electron chi connectivity index (χ4n) is 0.523. The number of carbonyl (C=O) groups is 4. The van der Waals surface area contributed by atoms with Crippen molar-refractivity contribution in [3.63, 3.8) is 0 Å². The van der Waals surface area contributed by atoms with Gasteiger partial charge in [0, 0.05) is 0 Å². The summed E-state index contributed by atoms with van der Waals surface area (Å²) in [7, 11) is 0. The zero-order valence-corrected chi connectivity index (χ0v) is 9.20. The Balaban J connectivity index is -0.000000277. The summed E-state index contributed by atoms with van der Waals surface area (Å²) in [6.45, 7) is 0. The Morgan fingerprint density at radius 3 is 1.10 bits per heavy atom. The van der Waals surface area contributed by atoms with E-state index < -0.39 is 48.6 Å². The van der Waals surface area contributed by atoms with Gasteiger partial charge in [-0.2, -0.15) is 0 Å². The number of hydrogen-bond donors (Lipinski definition) is 7. The fraction of sp³-hybridized carbons (Fsp3) is 0.500. The van der Waals surface area contributed by atoms with Crippen molar-refractivity contribution in [1.29, 1.82) is 0 Å². The van der Waals surface area contributed by atoms with Gasteiger partial charge >= 0.3 is 61.6 Å². The van der Waals surface area contributed by atoms with E-state index in [0.717, 1.165) is 0 Å². The molecule has 3 atom stereocenters. The van der Waals surface area contributed by atoms with E-state index in [2.05, 4.69) is 0 Å². The zero-order chi connectivity index (χ0) is 15.7. The Bertz CT molecular complexity index is 336. The first-order chi connectivity index (χ1) is 8.50. The number of aliphatic carboxylic acids is 4. The molecule has 0 saturated heterocycles. The van der Waals surface area contributed by atoms with Crippen molar-refractivity contribution < 1.29 is 54.9 Å². The molecule has 12 heteroatoms. The van der Waals surface area contributed by atoms with Gasteiger partial charge in [0.25, 0.3) is 0 Å². The first-order valence-electron chi connectivity index (χ1n) is 4.45. The molecule has 3 unspecified atom stereocenters. The van der Waals surface area contributed by atoms with E-state index >= 15 is 0 Å². The molecule has 0 aromatic carbocycles. The maximum absolute atomic E-state index is 9.77. The molecular formula is C8H14CaO11. The predicted molar refractivity (Wildman–Crippen MR) is 61.7 cm³/mol. The molecule has 0 aliphatic heterocycles. The van der Waals surface area contributed by atoms with Crippen molar-refractivity contribution in [1.82, 2.24) is 0 Å². The van der Waals surface area contributed by atoms with Crippen LogP contribution in [0.25, 0.3) is 0 Å². The maximum atomic E-state index is 9.77. The Hall–Kier alpha value is -0.980. The quantitative estimate of drug-likeness (QED) is 0.233. The third-order valence-electron chi connectivity index (χ3n) is 1.46. The summed E-state index contributed by atoms with van der Waals surface area (Å²) in [4.78, 5) is 39.0. The van der Waals surface area contributed by atoms with Gasteiger partial charge in [-0.15, -0.1) is 0 Å². The molecule has 0 aromatic rings. The Morgan fingerprint density at radius 2 is 1.00 bits per heavy atom. The van der Waals surface area contributed by atoms with Gasteiger partial charge in [0.15, 0.2) is 18.3 Å². The van der Waals surface area contributed by atoms with Gasteiger partial charge in [0.2, 0.25) is 0 Å². The number of hydrogen-bond acceptors (Lipinski definition) is 7. The van der Waals surface area contributed by atoms with Crippen molar-refractivity contribution in [2.45, 2.75) is 24.7 Å². The van der Waals surface area contributed by atoms with E-state index in [1.807, 2.05) is 0 Å². The van der Waals surface area contributed by atoms with Gasteiger partial charge in [0.05, 0.1) is 6.42 Å². The molecule has 114 valence electrons. The van der Waals surface area contributed by atoms with Crippen molar-refractivity contribution in [2.24, 2.45) is 0 Å². The van der Waals surface area contributed by atoms with Crippen LogP contribution < -0.4 is 0 Å². The molecule has 0 amide bonds. The number of aliphatic hydroxyl groups is 3. The second kappa shape index (κ2) is 11.8. The van der Waals surface area contributed by atoms with Gasteiger partial charge in [-0.05, 0) is 0 Å². The summed E-state index contributed by atoms with van der Waals surface area (Å²) >= 11 is 0. The van der Waals surface area contributed by atoms with E-state index in [-0.39, 0.29) is 37.7 Å². The van der Waals surface area contributed by atoms with E-state index in [9.17, 15) is 19.2 Å². The molecule has 0 fully saturated rings. The zero-order valence-electron chi connectivity index (χ0n) is 9.20. The summed E-state index contributed by atoms with van der Waals surface area (Å²) in [5, 5.41) is 56.7. The van der Waals surface area contributed by atoms with E-state index in [1.54, 1.807) is 0 Å². The summed E-state index contributed by atoms with van der Waals surface area (Å²) in [6, 6.07) is 0. The Kier molecular flexibility index (Phi) is 14.2. The van der Waals surface area contributed by atoms with Crippen LogP contribution in [0.15, 0.2) is 0 Å². The summed E-state index contributed by atoms with van der Waals surface area (Å²) in [5.41, 5.74) is 0. The molecule has 11 nitrogen and oxygen atoms in total. The van der Waals surface area contributed by atoms with Gasteiger partial charge in [0.1, 0.15) is 0 Å². The monoisotopic (exact) mass is 326 g/mol. The molecule has 7 N–H and O–H groups in total. The van der Waals surface area contributed by atoms with Gasteiger partial charge < -0.3 is 35.7 Å². The van der Waals surface area contributed by atoms with Crippen LogP contribution in [0.5, 0.6) is 0 Å². The fourth-order valence-corrected chi connectivity index (χ4v) is 0.523. The van der Waals surface area contributed by atoms with Crippen molar-refractivity contribution >= 4 is 61.6 Å². The van der Waals surface area contributed by atoms with Gasteiger partial charge in [-0.1, -0.05) is 0 Å². The molecule has 20 heavy (non-hydrogen) atoms. The van der Waals surface area contributed by atoms with Gasteiger partial charge in [-0.3, -0.25) is 4.79 Å². The molecule has 0 radical (unpaired) electrons. The predicted octanol–water partition coefficient (Wildman–Crippen LogP) is -4.13. The summed E-state index contributed by atoms with van der Waals surface area (Å²) in [5.74, 6) is -6.38. The van der Waals surface area contributed by atoms with Crippen LogP contribution in [0, 0.1) is 0 Å². The molecule has 0 heterocycles. The van der Waals surface area contributed by atoms with Crippen LogP contribution in [0.1, 0.15) is 6.42 Å². The normalized spacial score (nSPS) is 13.6. The van der Waals surface area contributed by atoms with Crippen LogP contribution in [-0.4, -0.2) is 116 Å². The first kappa shape index (κ1) is 24.1. The number of carboxylic acids is 4. The topological polar surface area (TPSA) is 210 Å². The minimum atomic E-state index is -2.27. The minimum absolute atomic E-state index is 0. The molecule has 0 aliphatic carbocycles. The van der Waals surface area contributed by atoms with E-state index in [1.165, 1.54) is 0 Å². The second-order valence-electron chi connectivity index (χ2n) is 3.02. The number of aliphatic hydroxyl groups excluding tert-OH is 3. The van der Waals surface area contributed by atoms with Crippen LogP contribution in [0.2, 0.25) is 0 Å².